The molecule has 1 heterocycles. The maximum absolute atomic E-state index is 5.87. The molecule has 0 amide bonds. The Morgan fingerprint density at radius 2 is 2.06 bits per heavy atom. The fraction of sp³-hybridized carbons (Fsp3) is 0.231. The third-order valence-electron chi connectivity index (χ3n) is 2.51. The normalized spacial score (nSPS) is 12.5. The second-order valence-corrected chi connectivity index (χ2v) is 5.81. The summed E-state index contributed by atoms with van der Waals surface area (Å²) in [5.41, 5.74) is 7.01. The van der Waals surface area contributed by atoms with Gasteiger partial charge in [0.25, 0.3) is 0 Å². The van der Waals surface area contributed by atoms with Crippen LogP contribution in [0.25, 0.3) is 10.4 Å². The fourth-order valence-electron chi connectivity index (χ4n) is 1.56. The van der Waals surface area contributed by atoms with E-state index in [4.69, 9.17) is 10.5 Å². The van der Waals surface area contributed by atoms with Gasteiger partial charge in [-0.15, -0.1) is 11.3 Å². The summed E-state index contributed by atoms with van der Waals surface area (Å²) in [6.45, 7) is 2.00. The average molecular weight is 312 g/mol. The third kappa shape index (κ3) is 2.70. The molecule has 2 N–H and O–H groups in total. The molecule has 0 aliphatic heterocycles. The first-order valence-electron chi connectivity index (χ1n) is 5.31. The Kier molecular flexibility index (Phi) is 3.86. The quantitative estimate of drug-likeness (QED) is 0.921. The highest BCUT2D eigenvalue weighted by Gasteiger charge is 2.09. The van der Waals surface area contributed by atoms with E-state index in [1.165, 1.54) is 9.75 Å². The highest BCUT2D eigenvalue weighted by atomic mass is 79.9. The van der Waals surface area contributed by atoms with Crippen molar-refractivity contribution in [2.45, 2.75) is 13.0 Å². The molecule has 0 spiro atoms. The number of benzene rings is 1. The summed E-state index contributed by atoms with van der Waals surface area (Å²) in [5, 5.41) is 0. The lowest BCUT2D eigenvalue weighted by molar-refractivity contribution is 0.415. The summed E-state index contributed by atoms with van der Waals surface area (Å²) < 4.78 is 6.31. The van der Waals surface area contributed by atoms with Crippen LogP contribution < -0.4 is 10.5 Å². The minimum atomic E-state index is 0.0816. The van der Waals surface area contributed by atoms with Gasteiger partial charge in [-0.05, 0) is 37.3 Å². The van der Waals surface area contributed by atoms with Gasteiger partial charge >= 0.3 is 0 Å². The standard InChI is InChI=1S/C13H14BrNOS/c1-8(15)12-5-6-13(17-12)10-7-9(16-2)3-4-11(10)14/h3-8H,15H2,1-2H3. The molecular formula is C13H14BrNOS. The third-order valence-corrected chi connectivity index (χ3v) is 4.53. The molecule has 0 aliphatic rings. The monoisotopic (exact) mass is 311 g/mol. The molecule has 2 aromatic rings. The van der Waals surface area contributed by atoms with Gasteiger partial charge in [-0.1, -0.05) is 15.9 Å². The van der Waals surface area contributed by atoms with Crippen LogP contribution in [0.15, 0.2) is 34.8 Å². The highest BCUT2D eigenvalue weighted by molar-refractivity contribution is 9.10. The van der Waals surface area contributed by atoms with Crippen LogP contribution in [0.5, 0.6) is 5.75 Å². The highest BCUT2D eigenvalue weighted by Crippen LogP contribution is 2.37. The Labute approximate surface area is 114 Å². The number of ether oxygens (including phenoxy) is 1. The summed E-state index contributed by atoms with van der Waals surface area (Å²) in [5.74, 6) is 0.860. The average Bonchev–Trinajstić information content (AvgIpc) is 2.79. The Balaban J connectivity index is 2.44. The predicted octanol–water partition coefficient (Wildman–Crippen LogP) is 4.21. The van der Waals surface area contributed by atoms with Crippen molar-refractivity contribution in [1.29, 1.82) is 0 Å². The molecule has 17 heavy (non-hydrogen) atoms. The summed E-state index contributed by atoms with van der Waals surface area (Å²) in [6, 6.07) is 10.2. The van der Waals surface area contributed by atoms with Gasteiger partial charge in [0.1, 0.15) is 5.75 Å². The predicted molar refractivity (Wildman–Crippen MR) is 76.6 cm³/mol. The summed E-state index contributed by atoms with van der Waals surface area (Å²) >= 11 is 5.28. The Morgan fingerprint density at radius 3 is 2.65 bits per heavy atom. The van der Waals surface area contributed by atoms with Crippen LogP contribution in [-0.4, -0.2) is 7.11 Å². The lowest BCUT2D eigenvalue weighted by atomic mass is 10.2. The molecule has 1 unspecified atom stereocenters. The number of rotatable bonds is 3. The van der Waals surface area contributed by atoms with Crippen LogP contribution in [0.3, 0.4) is 0 Å². The van der Waals surface area contributed by atoms with E-state index in [-0.39, 0.29) is 6.04 Å². The van der Waals surface area contributed by atoms with Gasteiger partial charge in [0, 0.05) is 25.8 Å². The molecule has 90 valence electrons. The number of methoxy groups -OCH3 is 1. The van der Waals surface area contributed by atoms with Gasteiger partial charge in [-0.2, -0.15) is 0 Å². The molecular weight excluding hydrogens is 298 g/mol. The second-order valence-electron chi connectivity index (χ2n) is 3.84. The van der Waals surface area contributed by atoms with Crippen molar-refractivity contribution < 1.29 is 4.74 Å². The molecule has 0 saturated heterocycles. The molecule has 4 heteroatoms. The van der Waals surface area contributed by atoms with E-state index >= 15 is 0 Å². The first kappa shape index (κ1) is 12.6. The maximum atomic E-state index is 5.87. The zero-order valence-electron chi connectivity index (χ0n) is 9.74. The largest absolute Gasteiger partial charge is 0.497 e. The van der Waals surface area contributed by atoms with Crippen molar-refractivity contribution in [3.8, 4) is 16.2 Å². The van der Waals surface area contributed by atoms with E-state index in [9.17, 15) is 0 Å². The number of thiophene rings is 1. The SMILES string of the molecule is COc1ccc(Br)c(-c2ccc(C(C)N)s2)c1. The lowest BCUT2D eigenvalue weighted by Gasteiger charge is -2.05. The molecule has 2 rings (SSSR count). The van der Waals surface area contributed by atoms with E-state index in [1.807, 2.05) is 25.1 Å². The van der Waals surface area contributed by atoms with Crippen LogP contribution >= 0.6 is 27.3 Å². The summed E-state index contributed by atoms with van der Waals surface area (Å²) in [6.07, 6.45) is 0. The number of hydrogen-bond acceptors (Lipinski definition) is 3. The van der Waals surface area contributed by atoms with Crippen LogP contribution in [0, 0.1) is 0 Å². The molecule has 0 bridgehead atoms. The van der Waals surface area contributed by atoms with Gasteiger partial charge < -0.3 is 10.5 Å². The minimum absolute atomic E-state index is 0.0816. The van der Waals surface area contributed by atoms with Crippen LogP contribution in [0.1, 0.15) is 17.8 Å². The number of hydrogen-bond donors (Lipinski definition) is 1. The minimum Gasteiger partial charge on any atom is -0.497 e. The molecule has 0 saturated carbocycles. The van der Waals surface area contributed by atoms with Crippen LogP contribution in [0.4, 0.5) is 0 Å². The van der Waals surface area contributed by atoms with E-state index in [0.29, 0.717) is 0 Å². The Bertz CT molecular complexity index is 522. The zero-order chi connectivity index (χ0) is 12.4. The zero-order valence-corrected chi connectivity index (χ0v) is 12.1. The van der Waals surface area contributed by atoms with Crippen molar-refractivity contribution in [1.82, 2.24) is 0 Å². The molecule has 2 nitrogen and oxygen atoms in total. The smallest absolute Gasteiger partial charge is 0.119 e. The van der Waals surface area contributed by atoms with E-state index in [0.717, 1.165) is 15.8 Å². The van der Waals surface area contributed by atoms with Crippen molar-refractivity contribution in [3.63, 3.8) is 0 Å². The van der Waals surface area contributed by atoms with Gasteiger partial charge in [0.15, 0.2) is 0 Å². The number of nitrogens with two attached hydrogens (primary N) is 1. The van der Waals surface area contributed by atoms with Crippen molar-refractivity contribution in [3.05, 3.63) is 39.7 Å². The number of halogens is 1. The summed E-state index contributed by atoms with van der Waals surface area (Å²) in [4.78, 5) is 2.39. The topological polar surface area (TPSA) is 35.2 Å². The van der Waals surface area contributed by atoms with Gasteiger partial charge in [0.2, 0.25) is 0 Å². The van der Waals surface area contributed by atoms with Gasteiger partial charge in [0.05, 0.1) is 7.11 Å². The molecule has 0 radical (unpaired) electrons. The van der Waals surface area contributed by atoms with E-state index in [2.05, 4.69) is 28.1 Å². The molecule has 1 atom stereocenters. The second kappa shape index (κ2) is 5.21. The lowest BCUT2D eigenvalue weighted by Crippen LogP contribution is -2.01. The first-order chi connectivity index (χ1) is 8.11. The Morgan fingerprint density at radius 1 is 1.29 bits per heavy atom. The maximum Gasteiger partial charge on any atom is 0.119 e. The fourth-order valence-corrected chi connectivity index (χ4v) is 3.14. The Hall–Kier alpha value is -0.840. The molecule has 1 aromatic heterocycles. The van der Waals surface area contributed by atoms with Crippen molar-refractivity contribution in [2.75, 3.05) is 7.11 Å². The molecule has 1 aromatic carbocycles. The van der Waals surface area contributed by atoms with Crippen LogP contribution in [0.2, 0.25) is 0 Å². The van der Waals surface area contributed by atoms with Crippen molar-refractivity contribution >= 4 is 27.3 Å². The van der Waals surface area contributed by atoms with E-state index < -0.39 is 0 Å². The van der Waals surface area contributed by atoms with Crippen LogP contribution in [-0.2, 0) is 0 Å². The van der Waals surface area contributed by atoms with Crippen molar-refractivity contribution in [2.24, 2.45) is 5.73 Å². The van der Waals surface area contributed by atoms with Gasteiger partial charge in [-0.25, -0.2) is 0 Å². The van der Waals surface area contributed by atoms with Gasteiger partial charge in [-0.3, -0.25) is 0 Å². The van der Waals surface area contributed by atoms with E-state index in [1.54, 1.807) is 18.4 Å². The molecule has 0 aliphatic carbocycles. The molecule has 0 fully saturated rings. The first-order valence-corrected chi connectivity index (χ1v) is 6.92. The summed E-state index contributed by atoms with van der Waals surface area (Å²) in [7, 11) is 1.68.